The second-order valence-corrected chi connectivity index (χ2v) is 5.78. The predicted molar refractivity (Wildman–Crippen MR) is 83.8 cm³/mol. The van der Waals surface area contributed by atoms with E-state index in [1.807, 2.05) is 32.0 Å². The summed E-state index contributed by atoms with van der Waals surface area (Å²) in [6.07, 6.45) is 1.36. The van der Waals surface area contributed by atoms with Gasteiger partial charge < -0.3 is 10.1 Å². The van der Waals surface area contributed by atoms with Gasteiger partial charge in [0.05, 0.1) is 11.2 Å². The zero-order chi connectivity index (χ0) is 15.0. The normalized spacial score (nSPS) is 18.1. The number of nitrogens with one attached hydrogen (secondary N) is 1. The summed E-state index contributed by atoms with van der Waals surface area (Å²) >= 11 is 6.15. The highest BCUT2D eigenvalue weighted by Crippen LogP contribution is 2.30. The van der Waals surface area contributed by atoms with E-state index >= 15 is 0 Å². The van der Waals surface area contributed by atoms with Crippen LogP contribution in [0.15, 0.2) is 18.2 Å². The lowest BCUT2D eigenvalue weighted by molar-refractivity contribution is -0.124. The Hall–Kier alpha value is -1.65. The standard InChI is InChI=1S/C16H17ClN2O2/c1-9-8-13(19-16(20)14-4-3-7-21-14)11-5-6-12(17)10(2)15(11)18-9/h5-6,8,14H,3-4,7H2,1-2H3,(H,18,19,20). The number of amides is 1. The van der Waals surface area contributed by atoms with Gasteiger partial charge >= 0.3 is 0 Å². The van der Waals surface area contributed by atoms with E-state index < -0.39 is 0 Å². The molecule has 2 aromatic rings. The van der Waals surface area contributed by atoms with Gasteiger partial charge in [0.15, 0.2) is 0 Å². The number of hydrogen-bond donors (Lipinski definition) is 1. The molecular weight excluding hydrogens is 288 g/mol. The van der Waals surface area contributed by atoms with Crippen molar-refractivity contribution < 1.29 is 9.53 Å². The number of carbonyl (C=O) groups excluding carboxylic acids is 1. The van der Waals surface area contributed by atoms with Gasteiger partial charge in [-0.3, -0.25) is 9.78 Å². The van der Waals surface area contributed by atoms with Crippen LogP contribution in [0.3, 0.4) is 0 Å². The van der Waals surface area contributed by atoms with Crippen molar-refractivity contribution in [2.24, 2.45) is 0 Å². The first-order chi connectivity index (χ1) is 10.1. The molecule has 110 valence electrons. The average Bonchev–Trinajstić information content (AvgIpc) is 2.97. The van der Waals surface area contributed by atoms with Crippen molar-refractivity contribution in [3.8, 4) is 0 Å². The van der Waals surface area contributed by atoms with E-state index in [0.717, 1.165) is 40.7 Å². The van der Waals surface area contributed by atoms with Crippen LogP contribution in [0, 0.1) is 13.8 Å². The largest absolute Gasteiger partial charge is 0.368 e. The summed E-state index contributed by atoms with van der Waals surface area (Å²) in [4.78, 5) is 16.8. The topological polar surface area (TPSA) is 51.2 Å². The van der Waals surface area contributed by atoms with E-state index in [0.29, 0.717) is 11.6 Å². The Morgan fingerprint density at radius 3 is 2.95 bits per heavy atom. The van der Waals surface area contributed by atoms with Crippen molar-refractivity contribution in [2.75, 3.05) is 11.9 Å². The van der Waals surface area contributed by atoms with Gasteiger partial charge in [-0.1, -0.05) is 11.6 Å². The maximum Gasteiger partial charge on any atom is 0.253 e. The number of pyridine rings is 1. The van der Waals surface area contributed by atoms with Gasteiger partial charge in [0.1, 0.15) is 6.10 Å². The number of nitrogens with zero attached hydrogens (tertiary/aromatic N) is 1. The molecule has 1 aliphatic rings. The molecule has 1 saturated heterocycles. The SMILES string of the molecule is Cc1cc(NC(=O)C2CCCO2)c2ccc(Cl)c(C)c2n1. The Morgan fingerprint density at radius 2 is 2.24 bits per heavy atom. The first-order valence-corrected chi connectivity index (χ1v) is 7.43. The molecule has 0 aliphatic carbocycles. The molecule has 4 nitrogen and oxygen atoms in total. The fraction of sp³-hybridized carbons (Fsp3) is 0.375. The van der Waals surface area contributed by atoms with Gasteiger partial charge in [0, 0.05) is 22.7 Å². The third-order valence-electron chi connectivity index (χ3n) is 3.78. The minimum Gasteiger partial charge on any atom is -0.368 e. The van der Waals surface area contributed by atoms with Crippen LogP contribution in [0.5, 0.6) is 0 Å². The van der Waals surface area contributed by atoms with Gasteiger partial charge in [-0.05, 0) is 50.5 Å². The quantitative estimate of drug-likeness (QED) is 0.922. The molecule has 0 radical (unpaired) electrons. The second-order valence-electron chi connectivity index (χ2n) is 5.37. The third-order valence-corrected chi connectivity index (χ3v) is 4.19. The van der Waals surface area contributed by atoms with Gasteiger partial charge in [-0.25, -0.2) is 0 Å². The van der Waals surface area contributed by atoms with Crippen LogP contribution < -0.4 is 5.32 Å². The number of benzene rings is 1. The Kier molecular flexibility index (Phi) is 3.83. The number of rotatable bonds is 2. The lowest BCUT2D eigenvalue weighted by Gasteiger charge is -2.14. The number of ether oxygens (including phenoxy) is 1. The third kappa shape index (κ3) is 2.74. The van der Waals surface area contributed by atoms with Crippen LogP contribution in [0.1, 0.15) is 24.1 Å². The number of halogens is 1. The minimum absolute atomic E-state index is 0.0907. The summed E-state index contributed by atoms with van der Waals surface area (Å²) in [5, 5.41) is 4.54. The Labute approximate surface area is 128 Å². The molecule has 1 unspecified atom stereocenters. The summed E-state index contributed by atoms with van der Waals surface area (Å²) in [7, 11) is 0. The fourth-order valence-electron chi connectivity index (χ4n) is 2.63. The maximum atomic E-state index is 12.2. The van der Waals surface area contributed by atoms with Crippen LogP contribution in [0.2, 0.25) is 5.02 Å². The van der Waals surface area contributed by atoms with Crippen molar-refractivity contribution in [3.05, 3.63) is 34.5 Å². The number of hydrogen-bond acceptors (Lipinski definition) is 3. The number of aromatic nitrogens is 1. The number of carbonyl (C=O) groups is 1. The van der Waals surface area contributed by atoms with E-state index in [1.165, 1.54) is 0 Å². The zero-order valence-corrected chi connectivity index (χ0v) is 12.8. The molecule has 1 aromatic carbocycles. The molecule has 0 saturated carbocycles. The first kappa shape index (κ1) is 14.3. The lowest BCUT2D eigenvalue weighted by Crippen LogP contribution is -2.27. The van der Waals surface area contributed by atoms with Gasteiger partial charge in [0.2, 0.25) is 0 Å². The van der Waals surface area contributed by atoms with Crippen molar-refractivity contribution in [1.29, 1.82) is 0 Å². The fourth-order valence-corrected chi connectivity index (χ4v) is 2.79. The predicted octanol–water partition coefficient (Wildman–Crippen LogP) is 3.62. The number of fused-ring (bicyclic) bond motifs is 1. The Balaban J connectivity index is 2.01. The van der Waals surface area contributed by atoms with Crippen molar-refractivity contribution in [1.82, 2.24) is 4.98 Å². The number of aryl methyl sites for hydroxylation is 2. The molecule has 0 spiro atoms. The van der Waals surface area contributed by atoms with Gasteiger partial charge in [-0.15, -0.1) is 0 Å². The molecule has 1 fully saturated rings. The molecule has 5 heteroatoms. The van der Waals surface area contributed by atoms with Crippen LogP contribution in [-0.2, 0) is 9.53 Å². The molecule has 1 aromatic heterocycles. The summed E-state index contributed by atoms with van der Waals surface area (Å²) in [5.41, 5.74) is 3.35. The Morgan fingerprint density at radius 1 is 1.43 bits per heavy atom. The summed E-state index contributed by atoms with van der Waals surface area (Å²) in [5.74, 6) is -0.0907. The second kappa shape index (κ2) is 5.62. The van der Waals surface area contributed by atoms with Gasteiger partial charge in [-0.2, -0.15) is 0 Å². The molecule has 0 bridgehead atoms. The van der Waals surface area contributed by atoms with Gasteiger partial charge in [0.25, 0.3) is 5.91 Å². The molecule has 1 amide bonds. The average molecular weight is 305 g/mol. The van der Waals surface area contributed by atoms with Crippen molar-refractivity contribution >= 4 is 34.1 Å². The van der Waals surface area contributed by atoms with Crippen molar-refractivity contribution in [2.45, 2.75) is 32.8 Å². The van der Waals surface area contributed by atoms with E-state index in [1.54, 1.807) is 0 Å². The Bertz CT molecular complexity index is 709. The van der Waals surface area contributed by atoms with E-state index in [4.69, 9.17) is 16.3 Å². The number of anilines is 1. The molecule has 1 aliphatic heterocycles. The monoisotopic (exact) mass is 304 g/mol. The van der Waals surface area contributed by atoms with Crippen LogP contribution in [0.25, 0.3) is 10.9 Å². The van der Waals surface area contributed by atoms with E-state index in [-0.39, 0.29) is 12.0 Å². The van der Waals surface area contributed by atoms with Crippen LogP contribution >= 0.6 is 11.6 Å². The van der Waals surface area contributed by atoms with Crippen LogP contribution in [-0.4, -0.2) is 23.6 Å². The highest BCUT2D eigenvalue weighted by molar-refractivity contribution is 6.32. The van der Waals surface area contributed by atoms with E-state index in [9.17, 15) is 4.79 Å². The summed E-state index contributed by atoms with van der Waals surface area (Å²) < 4.78 is 5.42. The van der Waals surface area contributed by atoms with Crippen LogP contribution in [0.4, 0.5) is 5.69 Å². The maximum absolute atomic E-state index is 12.2. The zero-order valence-electron chi connectivity index (χ0n) is 12.1. The smallest absolute Gasteiger partial charge is 0.253 e. The van der Waals surface area contributed by atoms with E-state index in [2.05, 4.69) is 10.3 Å². The minimum atomic E-state index is -0.345. The molecule has 1 atom stereocenters. The highest BCUT2D eigenvalue weighted by Gasteiger charge is 2.24. The summed E-state index contributed by atoms with van der Waals surface area (Å²) in [6, 6.07) is 5.60. The van der Waals surface area contributed by atoms with Crippen molar-refractivity contribution in [3.63, 3.8) is 0 Å². The molecule has 2 heterocycles. The lowest BCUT2D eigenvalue weighted by atomic mass is 10.1. The first-order valence-electron chi connectivity index (χ1n) is 7.05. The summed E-state index contributed by atoms with van der Waals surface area (Å²) in [6.45, 7) is 4.49. The molecule has 21 heavy (non-hydrogen) atoms. The molecular formula is C16H17ClN2O2. The molecule has 3 rings (SSSR count). The highest BCUT2D eigenvalue weighted by atomic mass is 35.5. The molecule has 1 N–H and O–H groups in total.